The van der Waals surface area contributed by atoms with Gasteiger partial charge in [-0.1, -0.05) is 57.5 Å². The quantitative estimate of drug-likeness (QED) is 0.250. The average molecular weight is 570 g/mol. The molecule has 0 bridgehead atoms. The Labute approximate surface area is 197 Å². The van der Waals surface area contributed by atoms with Gasteiger partial charge in [0.25, 0.3) is 0 Å². The average Bonchev–Trinajstić information content (AvgIpc) is 3.09. The highest BCUT2D eigenvalue weighted by Crippen LogP contribution is 2.38. The second-order valence-electron chi connectivity index (χ2n) is 6.20. The Morgan fingerprint density at radius 1 is 1.14 bits per heavy atom. The minimum Gasteiger partial charge on any atom is -0.506 e. The first kappa shape index (κ1) is 20.9. The van der Waals surface area contributed by atoms with Crippen molar-refractivity contribution in [3.63, 3.8) is 0 Å². The lowest BCUT2D eigenvalue weighted by atomic mass is 10.0. The van der Waals surface area contributed by atoms with E-state index in [0.717, 1.165) is 25.0 Å². The normalized spacial score (nSPS) is 11.1. The predicted molar refractivity (Wildman–Crippen MR) is 127 cm³/mol. The minimum atomic E-state index is -0.188. The van der Waals surface area contributed by atoms with Gasteiger partial charge >= 0.3 is 0 Å². The third kappa shape index (κ3) is 4.70. The Kier molecular flexibility index (Phi) is 6.32. The molecule has 0 aliphatic rings. The number of hydrogen-bond donors (Lipinski definition) is 1. The third-order valence-corrected chi connectivity index (χ3v) is 7.82. The molecular weight excluding hydrogens is 558 g/mol. The van der Waals surface area contributed by atoms with Crippen molar-refractivity contribution in [2.45, 2.75) is 15.7 Å². The number of aromatic nitrogens is 1. The second-order valence-corrected chi connectivity index (χ2v) is 10.7. The van der Waals surface area contributed by atoms with Gasteiger partial charge in [-0.3, -0.25) is 4.79 Å². The van der Waals surface area contributed by atoms with Crippen molar-refractivity contribution < 1.29 is 9.90 Å². The maximum atomic E-state index is 12.7. The lowest BCUT2D eigenvalue weighted by Gasteiger charge is -2.08. The van der Waals surface area contributed by atoms with Gasteiger partial charge < -0.3 is 5.11 Å². The number of rotatable bonds is 5. The molecule has 0 amide bonds. The number of carbonyl (C=O) groups excluding carboxylic acids is 1. The lowest BCUT2D eigenvalue weighted by molar-refractivity contribution is 0.0990. The predicted octanol–water partition coefficient (Wildman–Crippen LogP) is 7.76. The first-order valence-corrected chi connectivity index (χ1v) is 12.0. The van der Waals surface area contributed by atoms with E-state index in [4.69, 9.17) is 11.6 Å². The first-order valence-electron chi connectivity index (χ1n) is 8.44. The van der Waals surface area contributed by atoms with Gasteiger partial charge in [-0.05, 0) is 57.9 Å². The van der Waals surface area contributed by atoms with E-state index in [1.165, 1.54) is 11.8 Å². The van der Waals surface area contributed by atoms with Gasteiger partial charge in [-0.2, -0.15) is 0 Å². The number of nitrogens with zero attached hydrogens (tertiary/aromatic N) is 1. The molecule has 1 N–H and O–H groups in total. The van der Waals surface area contributed by atoms with Crippen LogP contribution in [0, 0.1) is 0 Å². The van der Waals surface area contributed by atoms with Crippen molar-refractivity contribution in [2.75, 3.05) is 0 Å². The molecule has 0 unspecified atom stereocenters. The van der Waals surface area contributed by atoms with Crippen LogP contribution in [-0.4, -0.2) is 15.9 Å². The van der Waals surface area contributed by atoms with Crippen LogP contribution in [0.25, 0.3) is 10.2 Å². The number of benzene rings is 3. The van der Waals surface area contributed by atoms with Crippen LogP contribution in [0.3, 0.4) is 0 Å². The van der Waals surface area contributed by atoms with Crippen LogP contribution in [0.2, 0.25) is 5.02 Å². The number of para-hydroxylation sites is 1. The number of phenolic OH excluding ortho intramolecular Hbond substituents is 1. The molecule has 4 aromatic rings. The summed E-state index contributed by atoms with van der Waals surface area (Å²) in [5.74, 6) is -0.251. The molecule has 1 heterocycles. The number of ketones is 1. The molecule has 0 spiro atoms. The molecule has 0 radical (unpaired) electrons. The summed E-state index contributed by atoms with van der Waals surface area (Å²) in [6, 6.07) is 16.9. The van der Waals surface area contributed by atoms with Crippen LogP contribution in [0.4, 0.5) is 0 Å². The van der Waals surface area contributed by atoms with Gasteiger partial charge in [0.15, 0.2) is 10.1 Å². The number of phenols is 1. The molecule has 3 nitrogen and oxygen atoms in total. The van der Waals surface area contributed by atoms with Crippen molar-refractivity contribution in [2.24, 2.45) is 0 Å². The van der Waals surface area contributed by atoms with E-state index in [1.807, 2.05) is 36.4 Å². The van der Waals surface area contributed by atoms with Gasteiger partial charge in [0, 0.05) is 15.8 Å². The van der Waals surface area contributed by atoms with Crippen LogP contribution < -0.4 is 0 Å². The van der Waals surface area contributed by atoms with E-state index in [0.29, 0.717) is 14.0 Å². The highest BCUT2D eigenvalue weighted by molar-refractivity contribution is 9.11. The first-order chi connectivity index (χ1) is 13.9. The Balaban J connectivity index is 1.53. The summed E-state index contributed by atoms with van der Waals surface area (Å²) in [7, 11) is 0. The van der Waals surface area contributed by atoms with E-state index in [2.05, 4.69) is 36.8 Å². The monoisotopic (exact) mass is 567 g/mol. The van der Waals surface area contributed by atoms with Crippen LogP contribution >= 0.6 is 66.6 Å². The molecule has 4 rings (SSSR count). The summed E-state index contributed by atoms with van der Waals surface area (Å²) in [4.78, 5) is 18.2. The van der Waals surface area contributed by atoms with Gasteiger partial charge in [-0.15, -0.1) is 11.3 Å². The molecule has 1 aromatic heterocycles. The fourth-order valence-electron chi connectivity index (χ4n) is 2.79. The van der Waals surface area contributed by atoms with E-state index < -0.39 is 0 Å². The number of halogens is 3. The topological polar surface area (TPSA) is 50.2 Å². The molecule has 146 valence electrons. The van der Waals surface area contributed by atoms with Crippen molar-refractivity contribution in [1.82, 2.24) is 4.98 Å². The minimum absolute atomic E-state index is 0.0627. The molecule has 29 heavy (non-hydrogen) atoms. The number of aromatic hydroxyl groups is 1. The van der Waals surface area contributed by atoms with Crippen LogP contribution in [0.1, 0.15) is 15.9 Å². The van der Waals surface area contributed by atoms with Crippen molar-refractivity contribution >= 4 is 82.6 Å². The molecular formula is C21H12Br2ClNO2S2. The smallest absolute Gasteiger partial charge is 0.171 e. The standard InChI is InChI=1S/C21H12Br2ClNO2S2/c22-12-9-13(20(27)14(23)10-12)17(26)8-11-5-6-18(15(24)7-11)28-21-25-16-3-1-2-4-19(16)29-21/h1-7,9-10,27H,8H2. The van der Waals surface area contributed by atoms with Gasteiger partial charge in [0.05, 0.1) is 25.3 Å². The summed E-state index contributed by atoms with van der Waals surface area (Å²) in [5, 5.41) is 10.7. The highest BCUT2D eigenvalue weighted by atomic mass is 79.9. The summed E-state index contributed by atoms with van der Waals surface area (Å²) in [6.45, 7) is 0. The third-order valence-electron chi connectivity index (χ3n) is 4.16. The van der Waals surface area contributed by atoms with Crippen molar-refractivity contribution in [3.8, 4) is 5.75 Å². The number of Topliss-reactive ketones (excluding diaryl/α,β-unsaturated/α-hetero) is 1. The SMILES string of the molecule is O=C(Cc1ccc(Sc2nc3ccccc3s2)c(Cl)c1)c1cc(Br)cc(Br)c1O. The molecule has 0 saturated carbocycles. The Bertz CT molecular complexity index is 1210. The molecule has 0 aliphatic carbocycles. The summed E-state index contributed by atoms with van der Waals surface area (Å²) in [5.41, 5.74) is 2.01. The van der Waals surface area contributed by atoms with E-state index in [9.17, 15) is 9.90 Å². The molecule has 3 aromatic carbocycles. The number of carbonyl (C=O) groups is 1. The zero-order valence-corrected chi connectivity index (χ0v) is 20.2. The molecule has 0 fully saturated rings. The Hall–Kier alpha value is -1.38. The van der Waals surface area contributed by atoms with E-state index >= 15 is 0 Å². The largest absolute Gasteiger partial charge is 0.506 e. The number of fused-ring (bicyclic) bond motifs is 1. The van der Waals surface area contributed by atoms with Crippen molar-refractivity contribution in [3.05, 3.63) is 79.7 Å². The van der Waals surface area contributed by atoms with Gasteiger partial charge in [-0.25, -0.2) is 4.98 Å². The molecule has 0 aliphatic heterocycles. The molecule has 0 saturated heterocycles. The maximum Gasteiger partial charge on any atom is 0.171 e. The Morgan fingerprint density at radius 2 is 1.93 bits per heavy atom. The lowest BCUT2D eigenvalue weighted by Crippen LogP contribution is -2.04. The van der Waals surface area contributed by atoms with Gasteiger partial charge in [0.2, 0.25) is 0 Å². The molecule has 8 heteroatoms. The molecule has 0 atom stereocenters. The zero-order chi connectivity index (χ0) is 20.5. The summed E-state index contributed by atoms with van der Waals surface area (Å²) >= 11 is 16.2. The second kappa shape index (κ2) is 8.78. The fourth-order valence-corrected chi connectivity index (χ4v) is 6.36. The van der Waals surface area contributed by atoms with Gasteiger partial charge in [0.1, 0.15) is 5.75 Å². The zero-order valence-electron chi connectivity index (χ0n) is 14.7. The van der Waals surface area contributed by atoms with Crippen LogP contribution in [-0.2, 0) is 6.42 Å². The highest BCUT2D eigenvalue weighted by Gasteiger charge is 2.16. The van der Waals surface area contributed by atoms with E-state index in [-0.39, 0.29) is 23.5 Å². The van der Waals surface area contributed by atoms with Crippen LogP contribution in [0.15, 0.2) is 72.8 Å². The van der Waals surface area contributed by atoms with Crippen LogP contribution in [0.5, 0.6) is 5.75 Å². The maximum absolute atomic E-state index is 12.7. The van der Waals surface area contributed by atoms with Crippen molar-refractivity contribution in [1.29, 1.82) is 0 Å². The van der Waals surface area contributed by atoms with E-state index in [1.54, 1.807) is 29.5 Å². The summed E-state index contributed by atoms with van der Waals surface area (Å²) in [6.07, 6.45) is 0.141. The number of thiazole rings is 1. The summed E-state index contributed by atoms with van der Waals surface area (Å²) < 4.78 is 3.23. The fraction of sp³-hybridized carbons (Fsp3) is 0.0476. The Morgan fingerprint density at radius 3 is 2.69 bits per heavy atom. The number of hydrogen-bond acceptors (Lipinski definition) is 5.